The van der Waals surface area contributed by atoms with Gasteiger partial charge in [0.15, 0.2) is 0 Å². The number of hydrogen-bond acceptors (Lipinski definition) is 0. The van der Waals surface area contributed by atoms with Crippen LogP contribution in [0.2, 0.25) is 0 Å². The molecular weight excluding hydrogens is 348 g/mol. The molecule has 1 aromatic rings. The quantitative estimate of drug-likeness (QED) is 0.576. The van der Waals surface area contributed by atoms with Crippen LogP contribution in [0.4, 0.5) is 13.2 Å². The Kier molecular flexibility index (Phi) is 9.48. The molecule has 0 radical (unpaired) electrons. The van der Waals surface area contributed by atoms with Gasteiger partial charge in [-0.25, -0.2) is 0 Å². The summed E-state index contributed by atoms with van der Waals surface area (Å²) in [6, 6.07) is 8.70. The fraction of sp³-hybridized carbons (Fsp3) is 0.455. The van der Waals surface area contributed by atoms with E-state index in [1.54, 1.807) is 0 Å². The molecule has 0 unspecified atom stereocenters. The summed E-state index contributed by atoms with van der Waals surface area (Å²) in [5.41, 5.74) is 1.68. The van der Waals surface area contributed by atoms with E-state index in [1.807, 2.05) is 0 Å². The maximum Gasteiger partial charge on any atom is 0.379 e. The lowest BCUT2D eigenvalue weighted by molar-refractivity contribution is 0.00819. The molecule has 94 valence electrons. The number of halogens is 4. The van der Waals surface area contributed by atoms with Crippen LogP contribution in [0.25, 0.3) is 0 Å². The van der Waals surface area contributed by atoms with E-state index in [-0.39, 0.29) is 18.9 Å². The first-order valence-electron chi connectivity index (χ1n) is 4.42. The smallest absolute Gasteiger partial charge is 0.197 e. The zero-order valence-electron chi connectivity index (χ0n) is 9.40. The topological polar surface area (TPSA) is 0 Å². The Morgan fingerprint density at radius 1 is 1.00 bits per heavy atom. The van der Waals surface area contributed by atoms with Gasteiger partial charge in [-0.2, -0.15) is 26.7 Å². The van der Waals surface area contributed by atoms with Crippen LogP contribution in [0, 0.1) is 3.57 Å². The largest absolute Gasteiger partial charge is 0.379 e. The van der Waals surface area contributed by atoms with Crippen molar-refractivity contribution in [1.82, 2.24) is 0 Å². The molecular formula is C11H16F3IS. The van der Waals surface area contributed by atoms with Crippen LogP contribution in [0.3, 0.4) is 0 Å². The normalized spacial score (nSPS) is 10.2. The summed E-state index contributed by atoms with van der Waals surface area (Å²) in [5, 5.41) is 0. The van der Waals surface area contributed by atoms with E-state index in [0.717, 1.165) is 0 Å². The van der Waals surface area contributed by atoms with Crippen LogP contribution in [0.5, 0.6) is 0 Å². The third-order valence-electron chi connectivity index (χ3n) is 1.71. The van der Waals surface area contributed by atoms with E-state index in [1.165, 1.54) is 9.13 Å². The van der Waals surface area contributed by atoms with Gasteiger partial charge in [0.2, 0.25) is 0 Å². The molecule has 16 heavy (non-hydrogen) atoms. The second-order valence-corrected chi connectivity index (χ2v) is 5.25. The second kappa shape index (κ2) is 8.22. The Labute approximate surface area is 115 Å². The minimum absolute atomic E-state index is 0. The fourth-order valence-corrected chi connectivity index (χ4v) is 1.31. The van der Waals surface area contributed by atoms with Gasteiger partial charge >= 0.3 is 6.68 Å². The lowest BCUT2D eigenvalue weighted by Gasteiger charge is -2.18. The van der Waals surface area contributed by atoms with E-state index in [0.29, 0.717) is 0 Å². The molecule has 0 saturated carbocycles. The van der Waals surface area contributed by atoms with Crippen molar-refractivity contribution in [3.05, 3.63) is 33.4 Å². The van der Waals surface area contributed by atoms with Gasteiger partial charge in [0.1, 0.15) is 0 Å². The Morgan fingerprint density at radius 2 is 1.31 bits per heavy atom. The van der Waals surface area contributed by atoms with Crippen molar-refractivity contribution < 1.29 is 13.2 Å². The predicted molar refractivity (Wildman–Crippen MR) is 75.4 cm³/mol. The molecule has 0 aliphatic heterocycles. The van der Waals surface area contributed by atoms with Crippen LogP contribution < -0.4 is 0 Å². The molecule has 0 nitrogen and oxygen atoms in total. The maximum absolute atomic E-state index is 9.67. The van der Waals surface area contributed by atoms with Crippen molar-refractivity contribution in [3.63, 3.8) is 0 Å². The molecule has 0 spiro atoms. The van der Waals surface area contributed by atoms with Crippen molar-refractivity contribution >= 4 is 36.1 Å². The lowest BCUT2D eigenvalue weighted by atomic mass is 9.87. The van der Waals surface area contributed by atoms with Crippen LogP contribution in [-0.2, 0) is 5.41 Å². The number of hydrogen-bond donors (Lipinski definition) is 0. The molecule has 0 aromatic heterocycles. The van der Waals surface area contributed by atoms with Gasteiger partial charge in [-0.1, -0.05) is 32.9 Å². The highest BCUT2D eigenvalue weighted by Gasteiger charge is 2.12. The van der Waals surface area contributed by atoms with Crippen molar-refractivity contribution in [2.45, 2.75) is 32.9 Å². The molecule has 0 heterocycles. The van der Waals surface area contributed by atoms with Crippen molar-refractivity contribution in [2.24, 2.45) is 0 Å². The van der Waals surface area contributed by atoms with Crippen molar-refractivity contribution in [3.8, 4) is 0 Å². The fourth-order valence-electron chi connectivity index (χ4n) is 0.950. The van der Waals surface area contributed by atoms with E-state index >= 15 is 0 Å². The molecule has 0 saturated heterocycles. The zero-order chi connectivity index (χ0) is 12.1. The second-order valence-electron chi connectivity index (χ2n) is 4.00. The maximum atomic E-state index is 9.67. The van der Waals surface area contributed by atoms with Gasteiger partial charge in [0, 0.05) is 3.57 Å². The van der Waals surface area contributed by atoms with Gasteiger partial charge in [0.05, 0.1) is 0 Å². The van der Waals surface area contributed by atoms with Crippen molar-refractivity contribution in [2.75, 3.05) is 0 Å². The third-order valence-corrected chi connectivity index (χ3v) is 2.43. The summed E-state index contributed by atoms with van der Waals surface area (Å²) in [4.78, 5) is 0. The Hall–Kier alpha value is 0.0900. The van der Waals surface area contributed by atoms with Gasteiger partial charge in [-0.05, 0) is 45.7 Å². The van der Waals surface area contributed by atoms with Crippen molar-refractivity contribution in [1.29, 1.82) is 0 Å². The van der Waals surface area contributed by atoms with Gasteiger partial charge in [-0.3, -0.25) is 0 Å². The SMILES string of the molecule is CC(C)(C)c1ccc(I)cc1.FC(F)F.S. The van der Waals surface area contributed by atoms with Gasteiger partial charge in [0.25, 0.3) is 0 Å². The summed E-state index contributed by atoms with van der Waals surface area (Å²) < 4.78 is 30.3. The minimum atomic E-state index is -3.67. The van der Waals surface area contributed by atoms with Crippen LogP contribution in [0.15, 0.2) is 24.3 Å². The molecule has 5 heteroatoms. The van der Waals surface area contributed by atoms with Crippen LogP contribution in [-0.4, -0.2) is 6.68 Å². The average Bonchev–Trinajstić information content (AvgIpc) is 2.01. The van der Waals surface area contributed by atoms with E-state index in [9.17, 15) is 13.2 Å². The van der Waals surface area contributed by atoms with E-state index in [2.05, 4.69) is 67.6 Å². The Bertz CT molecular complexity index is 278. The molecule has 0 aliphatic rings. The highest BCUT2D eigenvalue weighted by Crippen LogP contribution is 2.22. The average molecular weight is 364 g/mol. The van der Waals surface area contributed by atoms with Gasteiger partial charge < -0.3 is 0 Å². The molecule has 1 rings (SSSR count). The molecule has 0 atom stereocenters. The monoisotopic (exact) mass is 364 g/mol. The Morgan fingerprint density at radius 3 is 1.56 bits per heavy atom. The number of benzene rings is 1. The summed E-state index contributed by atoms with van der Waals surface area (Å²) in [6.45, 7) is 3.03. The van der Waals surface area contributed by atoms with Crippen LogP contribution in [0.1, 0.15) is 26.3 Å². The highest BCUT2D eigenvalue weighted by atomic mass is 127. The molecule has 0 amide bonds. The molecule has 0 fully saturated rings. The molecule has 0 N–H and O–H groups in total. The molecule has 0 aliphatic carbocycles. The van der Waals surface area contributed by atoms with E-state index in [4.69, 9.17) is 0 Å². The van der Waals surface area contributed by atoms with Gasteiger partial charge in [-0.15, -0.1) is 0 Å². The summed E-state index contributed by atoms with van der Waals surface area (Å²) in [6.07, 6.45) is 0. The van der Waals surface area contributed by atoms with Crippen LogP contribution >= 0.6 is 36.1 Å². The zero-order valence-corrected chi connectivity index (χ0v) is 12.6. The molecule has 1 aromatic carbocycles. The van der Waals surface area contributed by atoms with E-state index < -0.39 is 6.68 Å². The summed E-state index contributed by atoms with van der Waals surface area (Å²) >= 11 is 2.32. The standard InChI is InChI=1S/C10H13I.CHF3.H2S/c1-10(2,3)8-4-6-9(11)7-5-8;2-1(3)4;/h4-7H,1-3H3;1H;1H2. The highest BCUT2D eigenvalue weighted by molar-refractivity contribution is 14.1. The first-order chi connectivity index (χ1) is 6.73. The number of alkyl halides is 3. The first kappa shape index (κ1) is 18.5. The summed E-state index contributed by atoms with van der Waals surface area (Å²) in [5.74, 6) is 0. The number of rotatable bonds is 0. The minimum Gasteiger partial charge on any atom is -0.197 e. The first-order valence-corrected chi connectivity index (χ1v) is 5.49. The summed E-state index contributed by atoms with van der Waals surface area (Å²) in [7, 11) is 0. The predicted octanol–water partition coefficient (Wildman–Crippen LogP) is 4.88. The Balaban J connectivity index is 0. The third kappa shape index (κ3) is 9.33. The lowest BCUT2D eigenvalue weighted by Crippen LogP contribution is -2.10. The molecule has 0 bridgehead atoms.